The first-order chi connectivity index (χ1) is 15.2. The largest absolute Gasteiger partial charge is 0.480 e. The van der Waals surface area contributed by atoms with Crippen LogP contribution >= 0.6 is 0 Å². The van der Waals surface area contributed by atoms with Gasteiger partial charge >= 0.3 is 11.9 Å². The fourth-order valence-corrected chi connectivity index (χ4v) is 3.12. The lowest BCUT2D eigenvalue weighted by Crippen LogP contribution is -2.49. The monoisotopic (exact) mass is 457 g/mol. The second-order valence-corrected chi connectivity index (χ2v) is 8.33. The van der Waals surface area contributed by atoms with E-state index in [2.05, 4.69) is 24.5 Å². The van der Waals surface area contributed by atoms with Crippen LogP contribution in [0.3, 0.4) is 0 Å². The van der Waals surface area contributed by atoms with Crippen molar-refractivity contribution in [2.75, 3.05) is 6.61 Å². The van der Waals surface area contributed by atoms with Gasteiger partial charge < -0.3 is 26.2 Å². The van der Waals surface area contributed by atoms with Crippen LogP contribution in [0.2, 0.25) is 0 Å². The fourth-order valence-electron chi connectivity index (χ4n) is 3.12. The molecule has 9 nitrogen and oxygen atoms in total. The van der Waals surface area contributed by atoms with Crippen LogP contribution in [0.25, 0.3) is 0 Å². The normalized spacial score (nSPS) is 13.6. The highest BCUT2D eigenvalue weighted by Crippen LogP contribution is 2.08. The molecule has 0 radical (unpaired) electrons. The minimum absolute atomic E-state index is 0.0208. The molecule has 0 aliphatic rings. The Hall–Kier alpha value is -2.16. The summed E-state index contributed by atoms with van der Waals surface area (Å²) in [5, 5.41) is 14.4. The van der Waals surface area contributed by atoms with Crippen molar-refractivity contribution in [3.63, 3.8) is 0 Å². The number of carboxylic acids is 1. The van der Waals surface area contributed by atoms with Crippen molar-refractivity contribution in [2.45, 2.75) is 116 Å². The Morgan fingerprint density at radius 3 is 2.16 bits per heavy atom. The van der Waals surface area contributed by atoms with Crippen LogP contribution in [0, 0.1) is 0 Å². The maximum absolute atomic E-state index is 12.7. The average molecular weight is 458 g/mol. The first-order valence-electron chi connectivity index (χ1n) is 11.9. The zero-order chi connectivity index (χ0) is 24.4. The summed E-state index contributed by atoms with van der Waals surface area (Å²) in [7, 11) is 0. The topological polar surface area (TPSA) is 148 Å². The Morgan fingerprint density at radius 2 is 1.53 bits per heavy atom. The lowest BCUT2D eigenvalue weighted by Gasteiger charge is -2.21. The van der Waals surface area contributed by atoms with Crippen molar-refractivity contribution in [3.8, 4) is 0 Å². The van der Waals surface area contributed by atoms with E-state index in [1.54, 1.807) is 0 Å². The molecule has 32 heavy (non-hydrogen) atoms. The Labute approximate surface area is 192 Å². The highest BCUT2D eigenvalue weighted by molar-refractivity contribution is 5.88. The third kappa shape index (κ3) is 15.6. The van der Waals surface area contributed by atoms with Crippen molar-refractivity contribution < 1.29 is 29.0 Å². The van der Waals surface area contributed by atoms with Gasteiger partial charge in [-0.05, 0) is 39.0 Å². The number of carbonyl (C=O) groups is 4. The van der Waals surface area contributed by atoms with Crippen molar-refractivity contribution in [1.82, 2.24) is 10.6 Å². The van der Waals surface area contributed by atoms with Crippen LogP contribution < -0.4 is 16.4 Å². The smallest absolute Gasteiger partial charge is 0.320 e. The number of nitrogens with one attached hydrogen (secondary N) is 2. The Balaban J connectivity index is 4.69. The highest BCUT2D eigenvalue weighted by atomic mass is 16.5. The highest BCUT2D eigenvalue weighted by Gasteiger charge is 2.23. The predicted octanol–water partition coefficient (Wildman–Crippen LogP) is 2.65. The molecular formula is C23H43N3O6. The molecule has 5 N–H and O–H groups in total. The number of ether oxygens (including phenoxy) is 1. The summed E-state index contributed by atoms with van der Waals surface area (Å²) >= 11 is 0. The molecule has 3 atom stereocenters. The van der Waals surface area contributed by atoms with Crippen LogP contribution in [-0.2, 0) is 23.9 Å². The lowest BCUT2D eigenvalue weighted by molar-refractivity contribution is -0.144. The molecule has 0 rings (SSSR count). The van der Waals surface area contributed by atoms with E-state index in [0.29, 0.717) is 13.0 Å². The molecule has 0 aliphatic heterocycles. The van der Waals surface area contributed by atoms with Crippen molar-refractivity contribution in [1.29, 1.82) is 0 Å². The molecule has 2 amide bonds. The summed E-state index contributed by atoms with van der Waals surface area (Å²) in [6.45, 7) is 6.50. The van der Waals surface area contributed by atoms with Crippen molar-refractivity contribution >= 4 is 23.8 Å². The van der Waals surface area contributed by atoms with E-state index < -0.39 is 24.0 Å². The average Bonchev–Trinajstić information content (AvgIpc) is 2.74. The molecule has 0 saturated heterocycles. The van der Waals surface area contributed by atoms with Crippen LogP contribution in [0.4, 0.5) is 0 Å². The minimum Gasteiger partial charge on any atom is -0.480 e. The first kappa shape index (κ1) is 29.8. The van der Waals surface area contributed by atoms with E-state index in [9.17, 15) is 19.2 Å². The van der Waals surface area contributed by atoms with E-state index >= 15 is 0 Å². The zero-order valence-electron chi connectivity index (χ0n) is 20.0. The molecule has 0 fully saturated rings. The second kappa shape index (κ2) is 18.4. The molecule has 0 heterocycles. The van der Waals surface area contributed by atoms with Gasteiger partial charge in [0.05, 0.1) is 6.61 Å². The van der Waals surface area contributed by atoms with E-state index in [1.807, 2.05) is 6.92 Å². The standard InChI is InChI=1S/C23H43N3O6/c1-4-6-8-11-17(3)25-22(29)19(26-20(27)15-14-18(24)23(30)31)12-10-13-21(28)32-16-9-7-5-2/h17-19H,4-16,24H2,1-3H3,(H,25,29)(H,26,27)(H,30,31)/t17?,18-,19+/m0/s1. The summed E-state index contributed by atoms with van der Waals surface area (Å²) in [6, 6.07) is -1.96. The van der Waals surface area contributed by atoms with Gasteiger partial charge in [0.15, 0.2) is 0 Å². The Kier molecular flexibility index (Phi) is 17.2. The molecule has 1 unspecified atom stereocenters. The summed E-state index contributed by atoms with van der Waals surface area (Å²) in [6.07, 6.45) is 7.64. The minimum atomic E-state index is -1.18. The predicted molar refractivity (Wildman–Crippen MR) is 123 cm³/mol. The summed E-state index contributed by atoms with van der Waals surface area (Å²) < 4.78 is 5.18. The number of unbranched alkanes of at least 4 members (excludes halogenated alkanes) is 4. The number of hydrogen-bond donors (Lipinski definition) is 4. The molecule has 0 aromatic heterocycles. The van der Waals surface area contributed by atoms with E-state index in [4.69, 9.17) is 15.6 Å². The number of esters is 1. The van der Waals surface area contributed by atoms with Gasteiger partial charge in [0.2, 0.25) is 11.8 Å². The number of rotatable bonds is 19. The van der Waals surface area contributed by atoms with Crippen LogP contribution in [-0.4, -0.2) is 53.6 Å². The Morgan fingerprint density at radius 1 is 0.875 bits per heavy atom. The number of carboxylic acid groups (broad SMARTS) is 1. The van der Waals surface area contributed by atoms with E-state index in [0.717, 1.165) is 44.9 Å². The SMILES string of the molecule is CCCCCOC(=O)CCC[C@@H](NC(=O)CC[C@H](N)C(=O)O)C(=O)NC(C)CCCCC. The maximum atomic E-state index is 12.7. The van der Waals surface area contributed by atoms with Gasteiger partial charge in [0.25, 0.3) is 0 Å². The molecule has 0 aromatic carbocycles. The quantitative estimate of drug-likeness (QED) is 0.172. The molecule has 0 aliphatic carbocycles. The molecule has 186 valence electrons. The molecular weight excluding hydrogens is 414 g/mol. The van der Waals surface area contributed by atoms with Gasteiger partial charge in [-0.2, -0.15) is 0 Å². The maximum Gasteiger partial charge on any atom is 0.320 e. The fraction of sp³-hybridized carbons (Fsp3) is 0.826. The molecule has 0 bridgehead atoms. The number of amides is 2. The van der Waals surface area contributed by atoms with E-state index in [1.165, 1.54) is 0 Å². The zero-order valence-corrected chi connectivity index (χ0v) is 20.0. The van der Waals surface area contributed by atoms with E-state index in [-0.39, 0.29) is 43.6 Å². The number of nitrogens with two attached hydrogens (primary N) is 1. The number of carbonyl (C=O) groups excluding carboxylic acids is 3. The van der Waals surface area contributed by atoms with Crippen molar-refractivity contribution in [2.24, 2.45) is 5.73 Å². The van der Waals surface area contributed by atoms with Gasteiger partial charge in [0, 0.05) is 18.9 Å². The van der Waals surface area contributed by atoms with Crippen LogP contribution in [0.15, 0.2) is 0 Å². The number of aliphatic carboxylic acids is 1. The number of hydrogen-bond acceptors (Lipinski definition) is 6. The summed E-state index contributed by atoms with van der Waals surface area (Å²) in [5.41, 5.74) is 5.44. The van der Waals surface area contributed by atoms with Gasteiger partial charge in [-0.3, -0.25) is 19.2 Å². The van der Waals surface area contributed by atoms with Crippen molar-refractivity contribution in [3.05, 3.63) is 0 Å². The van der Waals surface area contributed by atoms with Gasteiger partial charge in [-0.1, -0.05) is 46.0 Å². The molecule has 0 saturated carbocycles. The molecule has 0 aromatic rings. The third-order valence-corrected chi connectivity index (χ3v) is 5.17. The lowest BCUT2D eigenvalue weighted by atomic mass is 10.1. The van der Waals surface area contributed by atoms with Crippen LogP contribution in [0.1, 0.15) is 97.8 Å². The van der Waals surface area contributed by atoms with Gasteiger partial charge in [-0.25, -0.2) is 0 Å². The molecule has 0 spiro atoms. The summed E-state index contributed by atoms with van der Waals surface area (Å²) in [5.74, 6) is -2.23. The second-order valence-electron chi connectivity index (χ2n) is 8.33. The summed E-state index contributed by atoms with van der Waals surface area (Å²) in [4.78, 5) is 47.7. The first-order valence-corrected chi connectivity index (χ1v) is 11.9. The van der Waals surface area contributed by atoms with Gasteiger partial charge in [-0.15, -0.1) is 0 Å². The Bertz CT molecular complexity index is 570. The molecule has 9 heteroatoms. The third-order valence-electron chi connectivity index (χ3n) is 5.17. The van der Waals surface area contributed by atoms with Crippen LogP contribution in [0.5, 0.6) is 0 Å². The van der Waals surface area contributed by atoms with Gasteiger partial charge in [0.1, 0.15) is 12.1 Å².